The summed E-state index contributed by atoms with van der Waals surface area (Å²) in [6.07, 6.45) is -10.1. The topological polar surface area (TPSA) is 29.1 Å². The van der Waals surface area contributed by atoms with Gasteiger partial charge in [0.2, 0.25) is 0 Å². The first kappa shape index (κ1) is 15.3. The third kappa shape index (κ3) is 3.62. The molecule has 0 aliphatic rings. The van der Waals surface area contributed by atoms with Crippen molar-refractivity contribution in [2.45, 2.75) is 26.2 Å². The maximum Gasteiger partial charge on any atom is 0.471 e. The molecule has 0 spiro atoms. The smallest absolute Gasteiger partial charge is 0.317 e. The van der Waals surface area contributed by atoms with Crippen molar-refractivity contribution in [3.8, 4) is 0 Å². The lowest BCUT2D eigenvalue weighted by molar-refractivity contribution is -0.167. The van der Waals surface area contributed by atoms with Gasteiger partial charge in [0.25, 0.3) is 0 Å². The Morgan fingerprint density at radius 3 is 2.00 bits per heavy atom. The lowest BCUT2D eigenvalue weighted by atomic mass is 10.0. The van der Waals surface area contributed by atoms with E-state index in [-0.39, 0.29) is 11.1 Å². The number of anilines is 1. The van der Waals surface area contributed by atoms with Crippen LogP contribution in [0.3, 0.4) is 0 Å². The zero-order valence-electron chi connectivity index (χ0n) is 9.83. The molecular formula is C11H9F6NO. The van der Waals surface area contributed by atoms with Crippen molar-refractivity contribution in [2.75, 3.05) is 5.32 Å². The average molecular weight is 285 g/mol. The fourth-order valence-corrected chi connectivity index (χ4v) is 1.54. The Balaban J connectivity index is 3.31. The number of hydrogen-bond donors (Lipinski definition) is 1. The number of halogens is 6. The Labute approximate surface area is 104 Å². The van der Waals surface area contributed by atoms with Gasteiger partial charge in [-0.2, -0.15) is 26.3 Å². The fraction of sp³-hybridized carbons (Fsp3) is 0.364. The van der Waals surface area contributed by atoms with Crippen LogP contribution in [-0.2, 0) is 11.0 Å². The van der Waals surface area contributed by atoms with Crippen molar-refractivity contribution in [3.63, 3.8) is 0 Å². The molecule has 8 heteroatoms. The fourth-order valence-electron chi connectivity index (χ4n) is 1.54. The molecule has 0 aliphatic heterocycles. The van der Waals surface area contributed by atoms with Gasteiger partial charge in [0.05, 0.1) is 11.3 Å². The SMILES string of the molecule is Cc1cc(C)c(NC(=O)C(F)(F)F)c(C(F)(F)F)c1. The zero-order valence-corrected chi connectivity index (χ0v) is 9.83. The van der Waals surface area contributed by atoms with Gasteiger partial charge < -0.3 is 5.32 Å². The van der Waals surface area contributed by atoms with Gasteiger partial charge in [0, 0.05) is 0 Å². The highest BCUT2D eigenvalue weighted by Crippen LogP contribution is 2.38. The van der Waals surface area contributed by atoms with Crippen molar-refractivity contribution in [1.29, 1.82) is 0 Å². The molecule has 19 heavy (non-hydrogen) atoms. The molecule has 0 unspecified atom stereocenters. The number of amides is 1. The second-order valence-electron chi connectivity index (χ2n) is 3.95. The minimum Gasteiger partial charge on any atom is -0.317 e. The largest absolute Gasteiger partial charge is 0.471 e. The van der Waals surface area contributed by atoms with Crippen LogP contribution >= 0.6 is 0 Å². The van der Waals surface area contributed by atoms with E-state index in [1.54, 1.807) is 0 Å². The first-order valence-corrected chi connectivity index (χ1v) is 4.99. The van der Waals surface area contributed by atoms with Gasteiger partial charge >= 0.3 is 18.3 Å². The van der Waals surface area contributed by atoms with Crippen molar-refractivity contribution in [3.05, 3.63) is 28.8 Å². The van der Waals surface area contributed by atoms with E-state index in [1.807, 2.05) is 0 Å². The van der Waals surface area contributed by atoms with Crippen LogP contribution < -0.4 is 5.32 Å². The molecule has 1 N–H and O–H groups in total. The predicted molar refractivity (Wildman–Crippen MR) is 55.6 cm³/mol. The number of alkyl halides is 6. The Bertz CT molecular complexity index is 503. The molecule has 0 fully saturated rings. The molecule has 0 saturated heterocycles. The molecule has 1 aromatic carbocycles. The molecule has 0 atom stereocenters. The first-order valence-electron chi connectivity index (χ1n) is 4.99. The molecule has 106 valence electrons. The highest BCUT2D eigenvalue weighted by atomic mass is 19.4. The highest BCUT2D eigenvalue weighted by molar-refractivity contribution is 5.96. The van der Waals surface area contributed by atoms with Crippen LogP contribution in [0.15, 0.2) is 12.1 Å². The lowest BCUT2D eigenvalue weighted by Gasteiger charge is -2.17. The van der Waals surface area contributed by atoms with Crippen molar-refractivity contribution < 1.29 is 31.1 Å². The summed E-state index contributed by atoms with van der Waals surface area (Å²) in [6, 6.07) is 1.93. The van der Waals surface area contributed by atoms with Crippen molar-refractivity contribution >= 4 is 11.6 Å². The van der Waals surface area contributed by atoms with Gasteiger partial charge in [-0.3, -0.25) is 4.79 Å². The number of benzene rings is 1. The van der Waals surface area contributed by atoms with Crippen LogP contribution in [0.1, 0.15) is 16.7 Å². The zero-order chi connectivity index (χ0) is 15.0. The summed E-state index contributed by atoms with van der Waals surface area (Å²) in [7, 11) is 0. The van der Waals surface area contributed by atoms with E-state index in [0.29, 0.717) is 6.07 Å². The molecule has 0 radical (unpaired) electrons. The summed E-state index contributed by atoms with van der Waals surface area (Å²) >= 11 is 0. The summed E-state index contributed by atoms with van der Waals surface area (Å²) in [5.41, 5.74) is -2.04. The maximum absolute atomic E-state index is 12.7. The molecule has 0 aliphatic carbocycles. The monoisotopic (exact) mass is 285 g/mol. The van der Waals surface area contributed by atoms with Crippen LogP contribution in [0.4, 0.5) is 32.0 Å². The first-order chi connectivity index (χ1) is 8.43. The second kappa shape index (κ2) is 4.75. The molecule has 0 aromatic heterocycles. The highest BCUT2D eigenvalue weighted by Gasteiger charge is 2.41. The average Bonchev–Trinajstić information content (AvgIpc) is 2.18. The quantitative estimate of drug-likeness (QED) is 0.781. The van der Waals surface area contributed by atoms with Crippen LogP contribution in [0.5, 0.6) is 0 Å². The third-order valence-corrected chi connectivity index (χ3v) is 2.28. The van der Waals surface area contributed by atoms with E-state index in [9.17, 15) is 31.1 Å². The summed E-state index contributed by atoms with van der Waals surface area (Å²) in [5.74, 6) is -2.44. The van der Waals surface area contributed by atoms with Gasteiger partial charge in [-0.1, -0.05) is 11.6 Å². The predicted octanol–water partition coefficient (Wildman–Crippen LogP) is 3.82. The Morgan fingerprint density at radius 2 is 1.58 bits per heavy atom. The summed E-state index contributed by atoms with van der Waals surface area (Å²) in [6.45, 7) is 2.56. The molecule has 0 saturated carbocycles. The van der Waals surface area contributed by atoms with E-state index >= 15 is 0 Å². The van der Waals surface area contributed by atoms with Crippen LogP contribution in [-0.4, -0.2) is 12.1 Å². The van der Waals surface area contributed by atoms with E-state index in [4.69, 9.17) is 0 Å². The normalized spacial score (nSPS) is 12.4. The molecule has 0 heterocycles. The standard InChI is InChI=1S/C11H9F6NO/c1-5-3-6(2)8(7(4-5)10(12,13)14)18-9(19)11(15,16)17/h3-4H,1-2H3,(H,18,19). The van der Waals surface area contributed by atoms with Gasteiger partial charge in [0.1, 0.15) is 0 Å². The Kier molecular flexibility index (Phi) is 3.83. The Hall–Kier alpha value is -1.73. The number of carbonyl (C=O) groups is 1. The summed E-state index contributed by atoms with van der Waals surface area (Å²) in [5, 5.41) is 1.27. The van der Waals surface area contributed by atoms with E-state index < -0.39 is 29.5 Å². The summed E-state index contributed by atoms with van der Waals surface area (Å²) in [4.78, 5) is 10.7. The number of rotatable bonds is 1. The molecule has 0 bridgehead atoms. The Morgan fingerprint density at radius 1 is 1.05 bits per heavy atom. The number of carbonyl (C=O) groups excluding carboxylic acids is 1. The number of hydrogen-bond acceptors (Lipinski definition) is 1. The minimum atomic E-state index is -5.25. The van der Waals surface area contributed by atoms with Crippen molar-refractivity contribution in [2.24, 2.45) is 0 Å². The van der Waals surface area contributed by atoms with E-state index in [1.165, 1.54) is 25.2 Å². The number of aryl methyl sites for hydroxylation is 2. The van der Waals surface area contributed by atoms with Gasteiger partial charge in [-0.25, -0.2) is 0 Å². The molecular weight excluding hydrogens is 276 g/mol. The lowest BCUT2D eigenvalue weighted by Crippen LogP contribution is -2.31. The summed E-state index contributed by atoms with van der Waals surface area (Å²) < 4.78 is 74.4. The van der Waals surface area contributed by atoms with Crippen LogP contribution in [0.25, 0.3) is 0 Å². The second-order valence-corrected chi connectivity index (χ2v) is 3.95. The van der Waals surface area contributed by atoms with Crippen LogP contribution in [0, 0.1) is 13.8 Å². The number of nitrogens with one attached hydrogen (secondary N) is 1. The molecule has 1 rings (SSSR count). The van der Waals surface area contributed by atoms with Crippen molar-refractivity contribution in [1.82, 2.24) is 0 Å². The minimum absolute atomic E-state index is 0.0927. The van der Waals surface area contributed by atoms with Gasteiger partial charge in [0.15, 0.2) is 0 Å². The van der Waals surface area contributed by atoms with Crippen LogP contribution in [0.2, 0.25) is 0 Å². The molecule has 1 amide bonds. The maximum atomic E-state index is 12.7. The third-order valence-electron chi connectivity index (χ3n) is 2.28. The van der Waals surface area contributed by atoms with Gasteiger partial charge in [-0.05, 0) is 25.5 Å². The molecule has 2 nitrogen and oxygen atoms in total. The van der Waals surface area contributed by atoms with E-state index in [2.05, 4.69) is 0 Å². The van der Waals surface area contributed by atoms with E-state index in [0.717, 1.165) is 0 Å². The molecule has 1 aromatic rings. The van der Waals surface area contributed by atoms with Gasteiger partial charge in [-0.15, -0.1) is 0 Å².